The first kappa shape index (κ1) is 25.7. The summed E-state index contributed by atoms with van der Waals surface area (Å²) in [4.78, 5) is 50.5. The van der Waals surface area contributed by atoms with Crippen molar-refractivity contribution in [2.24, 2.45) is 5.92 Å². The van der Waals surface area contributed by atoms with Crippen molar-refractivity contribution in [3.05, 3.63) is 60.2 Å². The highest BCUT2D eigenvalue weighted by atomic mass is 16.5. The lowest BCUT2D eigenvalue weighted by Crippen LogP contribution is -2.43. The fraction of sp³-hybridized carbons (Fsp3) is 0.385. The number of anilines is 2. The number of rotatable bonds is 9. The van der Waals surface area contributed by atoms with Crippen LogP contribution in [0.2, 0.25) is 0 Å². The van der Waals surface area contributed by atoms with Crippen LogP contribution in [0.15, 0.2) is 54.6 Å². The normalized spacial score (nSPS) is 13.6. The maximum Gasteiger partial charge on any atom is 0.338 e. The first-order chi connectivity index (χ1) is 17.0. The number of likely N-dealkylation sites (tertiary alicyclic amines) is 1. The summed E-state index contributed by atoms with van der Waals surface area (Å²) in [6.07, 6.45) is 2.69. The molecule has 35 heavy (non-hydrogen) atoms. The lowest BCUT2D eigenvalue weighted by molar-refractivity contribution is -0.152. The second-order valence-corrected chi connectivity index (χ2v) is 8.28. The number of esters is 2. The van der Waals surface area contributed by atoms with Crippen LogP contribution in [0.25, 0.3) is 0 Å². The predicted octanol–water partition coefficient (Wildman–Crippen LogP) is 4.07. The molecule has 0 bridgehead atoms. The van der Waals surface area contributed by atoms with E-state index in [1.165, 1.54) is 0 Å². The number of carbonyl (C=O) groups excluding carboxylic acids is 4. The molecule has 2 N–H and O–H groups in total. The number of carbonyl (C=O) groups is 4. The van der Waals surface area contributed by atoms with Crippen LogP contribution in [-0.4, -0.2) is 55.1 Å². The number of nitrogens with one attached hydrogen (secondary N) is 2. The summed E-state index contributed by atoms with van der Waals surface area (Å²) in [6, 6.07) is 15.3. The zero-order valence-corrected chi connectivity index (χ0v) is 19.8. The monoisotopic (exact) mass is 481 g/mol. The summed E-state index contributed by atoms with van der Waals surface area (Å²) < 4.78 is 10.3. The van der Waals surface area contributed by atoms with Gasteiger partial charge in [-0.05, 0) is 55.7 Å². The minimum absolute atomic E-state index is 0.206. The summed E-state index contributed by atoms with van der Waals surface area (Å²) >= 11 is 0. The molecule has 0 aliphatic carbocycles. The van der Waals surface area contributed by atoms with Gasteiger partial charge in [0.2, 0.25) is 0 Å². The number of unbranched alkanes of at least 4 members (excludes halogenated alkanes) is 1. The number of piperidine rings is 1. The highest BCUT2D eigenvalue weighted by Gasteiger charge is 2.28. The van der Waals surface area contributed by atoms with Gasteiger partial charge in [-0.2, -0.15) is 0 Å². The van der Waals surface area contributed by atoms with Crippen molar-refractivity contribution >= 4 is 35.3 Å². The molecule has 1 heterocycles. The predicted molar refractivity (Wildman–Crippen MR) is 131 cm³/mol. The van der Waals surface area contributed by atoms with Gasteiger partial charge in [-0.25, -0.2) is 9.59 Å². The lowest BCUT2D eigenvalue weighted by atomic mass is 9.97. The molecular weight excluding hydrogens is 450 g/mol. The number of amides is 3. The Hall–Kier alpha value is -3.88. The van der Waals surface area contributed by atoms with Gasteiger partial charge in [-0.1, -0.05) is 31.5 Å². The van der Waals surface area contributed by atoms with Crippen molar-refractivity contribution < 1.29 is 28.7 Å². The van der Waals surface area contributed by atoms with E-state index < -0.39 is 24.5 Å². The standard InChI is InChI=1S/C26H31N3O6/c1-2-3-17-34-24(31)19-9-11-22(12-10-19)27-23(30)18-35-25(32)20-13-15-29(16-14-20)26(33)28-21-7-5-4-6-8-21/h4-12,20H,2-3,13-18H2,1H3,(H,27,30)(H,28,33). The molecule has 1 saturated heterocycles. The van der Waals surface area contributed by atoms with E-state index in [0.717, 1.165) is 12.8 Å². The molecule has 0 atom stereocenters. The van der Waals surface area contributed by atoms with Crippen molar-refractivity contribution in [1.82, 2.24) is 4.90 Å². The van der Waals surface area contributed by atoms with Crippen molar-refractivity contribution in [2.75, 3.05) is 36.9 Å². The highest BCUT2D eigenvalue weighted by molar-refractivity contribution is 5.94. The zero-order chi connectivity index (χ0) is 25.0. The van der Waals surface area contributed by atoms with Crippen LogP contribution in [0.5, 0.6) is 0 Å². The topological polar surface area (TPSA) is 114 Å². The van der Waals surface area contributed by atoms with Gasteiger partial charge >= 0.3 is 18.0 Å². The molecule has 9 heteroatoms. The van der Waals surface area contributed by atoms with E-state index in [-0.39, 0.29) is 11.9 Å². The maximum absolute atomic E-state index is 12.4. The quantitative estimate of drug-likeness (QED) is 0.412. The minimum Gasteiger partial charge on any atom is -0.462 e. The molecule has 2 aromatic rings. The first-order valence-corrected chi connectivity index (χ1v) is 11.8. The van der Waals surface area contributed by atoms with Gasteiger partial charge in [0.25, 0.3) is 5.91 Å². The molecule has 0 aromatic heterocycles. The van der Waals surface area contributed by atoms with Crippen LogP contribution in [0.3, 0.4) is 0 Å². The molecule has 0 spiro atoms. The largest absolute Gasteiger partial charge is 0.462 e. The second kappa shape index (κ2) is 13.1. The SMILES string of the molecule is CCCCOC(=O)c1ccc(NC(=O)COC(=O)C2CCN(C(=O)Nc3ccccc3)CC2)cc1. The van der Waals surface area contributed by atoms with Gasteiger partial charge in [0.1, 0.15) is 0 Å². The number of ether oxygens (including phenoxy) is 2. The van der Waals surface area contributed by atoms with Crippen LogP contribution < -0.4 is 10.6 Å². The van der Waals surface area contributed by atoms with Crippen LogP contribution in [0.4, 0.5) is 16.2 Å². The minimum atomic E-state index is -0.476. The summed E-state index contributed by atoms with van der Waals surface area (Å²) in [7, 11) is 0. The molecule has 0 radical (unpaired) electrons. The summed E-state index contributed by atoms with van der Waals surface area (Å²) in [6.45, 7) is 2.84. The Morgan fingerprint density at radius 3 is 2.20 bits per heavy atom. The summed E-state index contributed by atoms with van der Waals surface area (Å²) in [5, 5.41) is 5.47. The Morgan fingerprint density at radius 2 is 1.54 bits per heavy atom. The molecule has 1 aliphatic heterocycles. The van der Waals surface area contributed by atoms with Crippen molar-refractivity contribution in [3.8, 4) is 0 Å². The van der Waals surface area contributed by atoms with E-state index >= 15 is 0 Å². The number of hydrogen-bond donors (Lipinski definition) is 2. The first-order valence-electron chi connectivity index (χ1n) is 11.8. The molecule has 3 amide bonds. The fourth-order valence-electron chi connectivity index (χ4n) is 3.58. The van der Waals surface area contributed by atoms with E-state index in [4.69, 9.17) is 9.47 Å². The lowest BCUT2D eigenvalue weighted by Gasteiger charge is -2.30. The molecule has 0 unspecified atom stereocenters. The summed E-state index contributed by atoms with van der Waals surface area (Å²) in [5.41, 5.74) is 1.59. The van der Waals surface area contributed by atoms with Crippen LogP contribution >= 0.6 is 0 Å². The second-order valence-electron chi connectivity index (χ2n) is 8.28. The van der Waals surface area contributed by atoms with Crippen LogP contribution in [0.1, 0.15) is 43.0 Å². The zero-order valence-electron chi connectivity index (χ0n) is 19.8. The molecule has 3 rings (SSSR count). The number of benzene rings is 2. The Morgan fingerprint density at radius 1 is 0.886 bits per heavy atom. The van der Waals surface area contributed by atoms with Gasteiger partial charge < -0.3 is 25.0 Å². The van der Waals surface area contributed by atoms with Gasteiger partial charge in [-0.3, -0.25) is 9.59 Å². The average molecular weight is 482 g/mol. The highest BCUT2D eigenvalue weighted by Crippen LogP contribution is 2.20. The van der Waals surface area contributed by atoms with E-state index in [1.54, 1.807) is 29.2 Å². The van der Waals surface area contributed by atoms with E-state index in [1.807, 2.05) is 37.3 Å². The number of para-hydroxylation sites is 1. The van der Waals surface area contributed by atoms with E-state index in [0.29, 0.717) is 49.5 Å². The smallest absolute Gasteiger partial charge is 0.338 e. The third-order valence-electron chi connectivity index (χ3n) is 5.62. The Labute approximate surface area is 204 Å². The number of hydrogen-bond acceptors (Lipinski definition) is 6. The third-order valence-corrected chi connectivity index (χ3v) is 5.62. The summed E-state index contributed by atoms with van der Waals surface area (Å²) in [5.74, 6) is -1.69. The molecule has 9 nitrogen and oxygen atoms in total. The van der Waals surface area contributed by atoms with Gasteiger partial charge in [-0.15, -0.1) is 0 Å². The molecule has 0 saturated carbocycles. The van der Waals surface area contributed by atoms with E-state index in [2.05, 4.69) is 10.6 Å². The van der Waals surface area contributed by atoms with Gasteiger partial charge in [0.05, 0.1) is 18.1 Å². The number of urea groups is 1. The average Bonchev–Trinajstić information content (AvgIpc) is 2.88. The molecule has 1 aliphatic rings. The maximum atomic E-state index is 12.4. The van der Waals surface area contributed by atoms with Gasteiger partial charge in [0, 0.05) is 24.5 Å². The molecule has 186 valence electrons. The van der Waals surface area contributed by atoms with Crippen LogP contribution in [-0.2, 0) is 19.1 Å². The van der Waals surface area contributed by atoms with Crippen molar-refractivity contribution in [2.45, 2.75) is 32.6 Å². The molecule has 1 fully saturated rings. The Bertz CT molecular complexity index is 1000. The van der Waals surface area contributed by atoms with Gasteiger partial charge in [0.15, 0.2) is 6.61 Å². The fourth-order valence-corrected chi connectivity index (χ4v) is 3.58. The Kier molecular flexibility index (Phi) is 9.65. The van der Waals surface area contributed by atoms with Crippen molar-refractivity contribution in [1.29, 1.82) is 0 Å². The van der Waals surface area contributed by atoms with Crippen LogP contribution in [0, 0.1) is 5.92 Å². The van der Waals surface area contributed by atoms with Crippen molar-refractivity contribution in [3.63, 3.8) is 0 Å². The molecule has 2 aromatic carbocycles. The van der Waals surface area contributed by atoms with E-state index in [9.17, 15) is 19.2 Å². The Balaban J connectivity index is 1.36. The molecular formula is C26H31N3O6. The third kappa shape index (κ3) is 8.13. The number of nitrogens with zero attached hydrogens (tertiary/aromatic N) is 1.